The summed E-state index contributed by atoms with van der Waals surface area (Å²) in [5.41, 5.74) is 0. The van der Waals surface area contributed by atoms with Gasteiger partial charge in [-0.1, -0.05) is 6.92 Å². The zero-order valence-corrected chi connectivity index (χ0v) is 8.37. The second-order valence-corrected chi connectivity index (χ2v) is 2.78. The molecule has 5 nitrogen and oxygen atoms in total. The topological polar surface area (TPSA) is 69.7 Å². The van der Waals surface area contributed by atoms with Gasteiger partial charge < -0.3 is 9.47 Å². The van der Waals surface area contributed by atoms with Gasteiger partial charge in [-0.3, -0.25) is 14.4 Å². The van der Waals surface area contributed by atoms with Gasteiger partial charge in [0, 0.05) is 6.42 Å². The zero-order chi connectivity index (χ0) is 11.0. The molecule has 0 heterocycles. The van der Waals surface area contributed by atoms with Gasteiger partial charge in [0.25, 0.3) is 0 Å². The summed E-state index contributed by atoms with van der Waals surface area (Å²) < 4.78 is 9.01. The fraction of sp³-hybridized carbons (Fsp3) is 0.667. The van der Waals surface area contributed by atoms with Crippen molar-refractivity contribution in [2.75, 3.05) is 6.79 Å². The summed E-state index contributed by atoms with van der Waals surface area (Å²) in [6, 6.07) is 0. The van der Waals surface area contributed by atoms with Crippen molar-refractivity contribution >= 4 is 55.5 Å². The quantitative estimate of drug-likeness (QED) is 0.282. The van der Waals surface area contributed by atoms with Crippen LogP contribution in [0.1, 0.15) is 33.1 Å². The summed E-state index contributed by atoms with van der Waals surface area (Å²) in [6.07, 6.45) is 0.690. The number of ether oxygens (including phenoxy) is 2. The number of carbonyl (C=O) groups excluding carboxylic acids is 3. The Bertz CT molecular complexity index is 227. The Kier molecular flexibility index (Phi) is 12.0. The average Bonchev–Trinajstić information content (AvgIpc) is 2.02. The first-order valence-corrected chi connectivity index (χ1v) is 4.37. The van der Waals surface area contributed by atoms with E-state index in [-0.39, 0.29) is 49.9 Å². The molecule has 0 aromatic heterocycles. The molecular formula is C9H16CaO5. The first kappa shape index (κ1) is 17.3. The third kappa shape index (κ3) is 11.8. The van der Waals surface area contributed by atoms with Crippen LogP contribution in [0.15, 0.2) is 0 Å². The molecule has 0 rings (SSSR count). The maximum absolute atomic E-state index is 10.8. The fourth-order valence-corrected chi connectivity index (χ4v) is 0.691. The van der Waals surface area contributed by atoms with Crippen LogP contribution < -0.4 is 0 Å². The van der Waals surface area contributed by atoms with Crippen LogP contribution in [0.2, 0.25) is 0 Å². The molecule has 0 amide bonds. The monoisotopic (exact) mass is 244 g/mol. The first-order chi connectivity index (χ1) is 6.56. The summed E-state index contributed by atoms with van der Waals surface area (Å²) in [4.78, 5) is 32.0. The number of ketones is 1. The predicted molar refractivity (Wildman–Crippen MR) is 55.8 cm³/mol. The van der Waals surface area contributed by atoms with Gasteiger partial charge in [0.15, 0.2) is 0 Å². The molecule has 0 spiro atoms. The summed E-state index contributed by atoms with van der Waals surface area (Å²) in [7, 11) is 0. The predicted octanol–water partition coefficient (Wildman–Crippen LogP) is -0.107. The van der Waals surface area contributed by atoms with Gasteiger partial charge in [-0.2, -0.15) is 0 Å². The number of hydrogen-bond donors (Lipinski definition) is 0. The zero-order valence-electron chi connectivity index (χ0n) is 8.37. The van der Waals surface area contributed by atoms with E-state index in [0.717, 1.165) is 0 Å². The molecule has 0 aromatic carbocycles. The van der Waals surface area contributed by atoms with E-state index in [4.69, 9.17) is 0 Å². The summed E-state index contributed by atoms with van der Waals surface area (Å²) in [5.74, 6) is -1.38. The van der Waals surface area contributed by atoms with Crippen molar-refractivity contribution < 1.29 is 23.9 Å². The third-order valence-electron chi connectivity index (χ3n) is 1.29. The van der Waals surface area contributed by atoms with E-state index < -0.39 is 18.7 Å². The molecule has 0 saturated carbocycles. The molecule has 0 fully saturated rings. The second kappa shape index (κ2) is 10.4. The fourth-order valence-electron chi connectivity index (χ4n) is 0.691. The Labute approximate surface area is 118 Å². The summed E-state index contributed by atoms with van der Waals surface area (Å²) in [5, 5.41) is 0. The van der Waals surface area contributed by atoms with Crippen LogP contribution in [0.25, 0.3) is 0 Å². The molecular weight excluding hydrogens is 228 g/mol. The molecule has 0 aliphatic heterocycles. The maximum atomic E-state index is 10.8. The summed E-state index contributed by atoms with van der Waals surface area (Å²) in [6.45, 7) is 2.71. The molecule has 0 atom stereocenters. The molecule has 0 aliphatic rings. The molecule has 6 heteroatoms. The Morgan fingerprint density at radius 3 is 2.07 bits per heavy atom. The van der Waals surface area contributed by atoms with Crippen molar-refractivity contribution in [2.24, 2.45) is 0 Å². The second-order valence-electron chi connectivity index (χ2n) is 2.78. The van der Waals surface area contributed by atoms with E-state index in [2.05, 4.69) is 9.47 Å². The molecule has 0 aliphatic carbocycles. The van der Waals surface area contributed by atoms with Gasteiger partial charge in [0.05, 0.1) is 0 Å². The first-order valence-electron chi connectivity index (χ1n) is 4.37. The van der Waals surface area contributed by atoms with Gasteiger partial charge in [0.2, 0.25) is 6.79 Å². The minimum atomic E-state index is -0.679. The Hall–Kier alpha value is -0.130. The van der Waals surface area contributed by atoms with Crippen LogP contribution >= 0.6 is 0 Å². The van der Waals surface area contributed by atoms with E-state index in [1.54, 1.807) is 0 Å². The third-order valence-corrected chi connectivity index (χ3v) is 1.29. The normalized spacial score (nSPS) is 8.67. The molecule has 15 heavy (non-hydrogen) atoms. The molecule has 0 unspecified atom stereocenters. The van der Waals surface area contributed by atoms with Gasteiger partial charge >= 0.3 is 49.7 Å². The van der Waals surface area contributed by atoms with E-state index in [0.29, 0.717) is 12.8 Å². The van der Waals surface area contributed by atoms with Crippen molar-refractivity contribution in [1.29, 1.82) is 0 Å². The van der Waals surface area contributed by atoms with Gasteiger partial charge in [-0.05, 0) is 13.3 Å². The number of Topliss-reactive ketones (excluding diaryl/α,β-unsaturated/α-hetero) is 1. The van der Waals surface area contributed by atoms with E-state index in [1.165, 1.54) is 6.92 Å². The minimum absolute atomic E-state index is 0. The van der Waals surface area contributed by atoms with E-state index >= 15 is 0 Å². The van der Waals surface area contributed by atoms with Crippen molar-refractivity contribution in [2.45, 2.75) is 33.1 Å². The van der Waals surface area contributed by atoms with Crippen LogP contribution in [0.4, 0.5) is 0 Å². The SMILES string of the molecule is CCCC(=O)OCOC(=O)CC(C)=O.[CaH2]. The summed E-state index contributed by atoms with van der Waals surface area (Å²) >= 11 is 0. The molecule has 0 N–H and O–H groups in total. The number of esters is 2. The van der Waals surface area contributed by atoms with Crippen LogP contribution in [0, 0.1) is 0 Å². The molecule has 0 aromatic rings. The standard InChI is InChI=1S/C9H14O5.Ca.2H/c1-3-4-8(11)13-6-14-9(12)5-7(2)10;;;/h3-6H2,1-2H3;;;. The van der Waals surface area contributed by atoms with Crippen LogP contribution in [-0.4, -0.2) is 62.3 Å². The van der Waals surface area contributed by atoms with E-state index in [1.807, 2.05) is 6.92 Å². The van der Waals surface area contributed by atoms with Crippen LogP contribution in [0.3, 0.4) is 0 Å². The number of rotatable bonds is 6. The number of carbonyl (C=O) groups is 3. The number of hydrogen-bond acceptors (Lipinski definition) is 5. The molecule has 0 saturated heterocycles. The van der Waals surface area contributed by atoms with Gasteiger partial charge in [-0.25, -0.2) is 0 Å². The van der Waals surface area contributed by atoms with E-state index in [9.17, 15) is 14.4 Å². The van der Waals surface area contributed by atoms with Crippen molar-refractivity contribution in [3.63, 3.8) is 0 Å². The molecule has 0 bridgehead atoms. The van der Waals surface area contributed by atoms with Gasteiger partial charge in [0.1, 0.15) is 12.2 Å². The van der Waals surface area contributed by atoms with Crippen LogP contribution in [0.5, 0.6) is 0 Å². The van der Waals surface area contributed by atoms with Gasteiger partial charge in [-0.15, -0.1) is 0 Å². The Balaban J connectivity index is 0. The van der Waals surface area contributed by atoms with Crippen molar-refractivity contribution in [1.82, 2.24) is 0 Å². The Morgan fingerprint density at radius 1 is 1.07 bits per heavy atom. The van der Waals surface area contributed by atoms with Crippen molar-refractivity contribution in [3.8, 4) is 0 Å². The Morgan fingerprint density at radius 2 is 1.60 bits per heavy atom. The average molecular weight is 244 g/mol. The molecule has 84 valence electrons. The van der Waals surface area contributed by atoms with Crippen LogP contribution in [-0.2, 0) is 23.9 Å². The van der Waals surface area contributed by atoms with Crippen molar-refractivity contribution in [3.05, 3.63) is 0 Å². The molecule has 0 radical (unpaired) electrons.